The number of nitrogen functional groups attached to an aromatic ring is 1. The van der Waals surface area contributed by atoms with Crippen LogP contribution >= 0.6 is 0 Å². The Morgan fingerprint density at radius 2 is 1.46 bits per heavy atom. The van der Waals surface area contributed by atoms with Gasteiger partial charge in [-0.05, 0) is 55.2 Å². The summed E-state index contributed by atoms with van der Waals surface area (Å²) in [7, 11) is 0. The van der Waals surface area contributed by atoms with Crippen LogP contribution in [-0.4, -0.2) is 29.9 Å². The van der Waals surface area contributed by atoms with Crippen molar-refractivity contribution in [1.29, 1.82) is 0 Å². The zero-order chi connectivity index (χ0) is 19.8. The normalized spacial score (nSPS) is 14.2. The molecule has 1 saturated heterocycles. The van der Waals surface area contributed by atoms with E-state index in [4.69, 9.17) is 5.73 Å². The van der Waals surface area contributed by atoms with E-state index in [0.29, 0.717) is 24.2 Å². The van der Waals surface area contributed by atoms with Gasteiger partial charge in [0.05, 0.1) is 0 Å². The number of urea groups is 1. The van der Waals surface area contributed by atoms with Gasteiger partial charge in [-0.2, -0.15) is 0 Å². The average Bonchev–Trinajstić information content (AvgIpc) is 2.98. The SMILES string of the molecule is Nc1ccccc1CCC(=O)Nc1ccc(NC(=O)N2CCCCCC2)cc1. The second-order valence-electron chi connectivity index (χ2n) is 7.16. The number of hydrogen-bond acceptors (Lipinski definition) is 3. The van der Waals surface area contributed by atoms with Crippen molar-refractivity contribution in [3.63, 3.8) is 0 Å². The number of benzene rings is 2. The van der Waals surface area contributed by atoms with Crippen LogP contribution in [0.3, 0.4) is 0 Å². The van der Waals surface area contributed by atoms with E-state index in [1.165, 1.54) is 12.8 Å². The molecule has 3 amide bonds. The first-order valence-corrected chi connectivity index (χ1v) is 9.91. The minimum Gasteiger partial charge on any atom is -0.399 e. The Bertz CT molecular complexity index is 796. The molecule has 1 fully saturated rings. The van der Waals surface area contributed by atoms with E-state index in [0.717, 1.165) is 37.2 Å². The summed E-state index contributed by atoms with van der Waals surface area (Å²) in [5, 5.41) is 5.81. The summed E-state index contributed by atoms with van der Waals surface area (Å²) in [5.41, 5.74) is 9.03. The predicted molar refractivity (Wildman–Crippen MR) is 113 cm³/mol. The molecule has 0 aromatic heterocycles. The Balaban J connectivity index is 1.47. The van der Waals surface area contributed by atoms with Crippen LogP contribution in [0.4, 0.5) is 21.9 Å². The van der Waals surface area contributed by atoms with Crippen molar-refractivity contribution >= 4 is 29.0 Å². The van der Waals surface area contributed by atoms with E-state index >= 15 is 0 Å². The van der Waals surface area contributed by atoms with Gasteiger partial charge in [0, 0.05) is 36.6 Å². The minimum absolute atomic E-state index is 0.0564. The third-order valence-corrected chi connectivity index (χ3v) is 4.99. The minimum atomic E-state index is -0.0652. The molecule has 0 unspecified atom stereocenters. The van der Waals surface area contributed by atoms with Gasteiger partial charge in [-0.1, -0.05) is 31.0 Å². The van der Waals surface area contributed by atoms with Crippen LogP contribution in [-0.2, 0) is 11.2 Å². The Kier molecular flexibility index (Phi) is 6.89. The average molecular weight is 380 g/mol. The van der Waals surface area contributed by atoms with Gasteiger partial charge in [0.25, 0.3) is 0 Å². The number of para-hydroxylation sites is 1. The number of likely N-dealkylation sites (tertiary alicyclic amines) is 1. The van der Waals surface area contributed by atoms with E-state index in [9.17, 15) is 9.59 Å². The largest absolute Gasteiger partial charge is 0.399 e. The lowest BCUT2D eigenvalue weighted by Crippen LogP contribution is -2.35. The first kappa shape index (κ1) is 19.7. The third-order valence-electron chi connectivity index (χ3n) is 4.99. The van der Waals surface area contributed by atoms with Gasteiger partial charge in [-0.25, -0.2) is 4.79 Å². The lowest BCUT2D eigenvalue weighted by molar-refractivity contribution is -0.116. The smallest absolute Gasteiger partial charge is 0.321 e. The molecule has 3 rings (SSSR count). The molecule has 4 N–H and O–H groups in total. The van der Waals surface area contributed by atoms with Gasteiger partial charge < -0.3 is 21.3 Å². The summed E-state index contributed by atoms with van der Waals surface area (Å²) in [6, 6.07) is 14.7. The first-order valence-electron chi connectivity index (χ1n) is 9.91. The molecule has 148 valence electrons. The van der Waals surface area contributed by atoms with E-state index in [1.807, 2.05) is 29.2 Å². The molecule has 0 saturated carbocycles. The number of anilines is 3. The number of carbonyl (C=O) groups is 2. The highest BCUT2D eigenvalue weighted by Gasteiger charge is 2.15. The van der Waals surface area contributed by atoms with Crippen molar-refractivity contribution in [3.05, 3.63) is 54.1 Å². The van der Waals surface area contributed by atoms with Gasteiger partial charge in [0.1, 0.15) is 0 Å². The van der Waals surface area contributed by atoms with Crippen LogP contribution in [0.25, 0.3) is 0 Å². The number of nitrogens with one attached hydrogen (secondary N) is 2. The number of nitrogens with two attached hydrogens (primary N) is 1. The number of aryl methyl sites for hydroxylation is 1. The molecule has 2 aromatic carbocycles. The fraction of sp³-hybridized carbons (Fsp3) is 0.364. The number of nitrogens with zero attached hydrogens (tertiary/aromatic N) is 1. The Morgan fingerprint density at radius 1 is 0.857 bits per heavy atom. The van der Waals surface area contributed by atoms with Gasteiger partial charge in [-0.3, -0.25) is 4.79 Å². The lowest BCUT2D eigenvalue weighted by Gasteiger charge is -2.20. The Hall–Kier alpha value is -3.02. The molecule has 1 aliphatic heterocycles. The topological polar surface area (TPSA) is 87.5 Å². The maximum atomic E-state index is 12.4. The molecule has 6 nitrogen and oxygen atoms in total. The summed E-state index contributed by atoms with van der Waals surface area (Å²) < 4.78 is 0. The van der Waals surface area contributed by atoms with Crippen molar-refractivity contribution in [2.75, 3.05) is 29.5 Å². The van der Waals surface area contributed by atoms with E-state index in [-0.39, 0.29) is 11.9 Å². The number of rotatable bonds is 5. The zero-order valence-corrected chi connectivity index (χ0v) is 16.1. The maximum absolute atomic E-state index is 12.4. The number of hydrogen-bond donors (Lipinski definition) is 3. The first-order chi connectivity index (χ1) is 13.6. The fourth-order valence-electron chi connectivity index (χ4n) is 3.35. The molecule has 1 aliphatic rings. The summed E-state index contributed by atoms with van der Waals surface area (Å²) in [5.74, 6) is -0.0652. The highest BCUT2D eigenvalue weighted by atomic mass is 16.2. The molecule has 0 atom stereocenters. The monoisotopic (exact) mass is 380 g/mol. The standard InChI is InChI=1S/C22H28N4O2/c23-20-8-4-3-7-17(20)9-14-21(27)24-18-10-12-19(13-11-18)25-22(28)26-15-5-1-2-6-16-26/h3-4,7-8,10-13H,1-2,5-6,9,14-16,23H2,(H,24,27)(H,25,28). The van der Waals surface area contributed by atoms with Crippen molar-refractivity contribution in [3.8, 4) is 0 Å². The maximum Gasteiger partial charge on any atom is 0.321 e. The van der Waals surface area contributed by atoms with E-state index in [2.05, 4.69) is 10.6 Å². The summed E-state index contributed by atoms with van der Waals surface area (Å²) in [6.45, 7) is 1.62. The van der Waals surface area contributed by atoms with Crippen molar-refractivity contribution in [2.45, 2.75) is 38.5 Å². The summed E-state index contributed by atoms with van der Waals surface area (Å²) in [6.07, 6.45) is 5.47. The van der Waals surface area contributed by atoms with E-state index in [1.54, 1.807) is 24.3 Å². The summed E-state index contributed by atoms with van der Waals surface area (Å²) in [4.78, 5) is 26.4. The quantitative estimate of drug-likeness (QED) is 0.678. The number of amides is 3. The van der Waals surface area contributed by atoms with Crippen LogP contribution in [0, 0.1) is 0 Å². The molecule has 6 heteroatoms. The highest BCUT2D eigenvalue weighted by molar-refractivity contribution is 5.92. The van der Waals surface area contributed by atoms with Crippen LogP contribution in [0.5, 0.6) is 0 Å². The molecule has 0 bridgehead atoms. The molecule has 0 spiro atoms. The molecule has 0 aliphatic carbocycles. The van der Waals surface area contributed by atoms with Crippen LogP contribution in [0.1, 0.15) is 37.7 Å². The van der Waals surface area contributed by atoms with Crippen LogP contribution < -0.4 is 16.4 Å². The van der Waals surface area contributed by atoms with Gasteiger partial charge >= 0.3 is 6.03 Å². The lowest BCUT2D eigenvalue weighted by atomic mass is 10.1. The van der Waals surface area contributed by atoms with Crippen molar-refractivity contribution in [1.82, 2.24) is 4.90 Å². The van der Waals surface area contributed by atoms with E-state index < -0.39 is 0 Å². The molecule has 28 heavy (non-hydrogen) atoms. The molecular weight excluding hydrogens is 352 g/mol. The highest BCUT2D eigenvalue weighted by Crippen LogP contribution is 2.17. The fourth-order valence-corrected chi connectivity index (χ4v) is 3.35. The van der Waals surface area contributed by atoms with Crippen molar-refractivity contribution in [2.24, 2.45) is 0 Å². The second kappa shape index (κ2) is 9.78. The van der Waals surface area contributed by atoms with Crippen LogP contribution in [0.15, 0.2) is 48.5 Å². The van der Waals surface area contributed by atoms with Crippen LogP contribution in [0.2, 0.25) is 0 Å². The zero-order valence-electron chi connectivity index (χ0n) is 16.1. The molecule has 1 heterocycles. The van der Waals surface area contributed by atoms with Crippen molar-refractivity contribution < 1.29 is 9.59 Å². The second-order valence-corrected chi connectivity index (χ2v) is 7.16. The Morgan fingerprint density at radius 3 is 2.11 bits per heavy atom. The van der Waals surface area contributed by atoms with Gasteiger partial charge in [0.2, 0.25) is 5.91 Å². The van der Waals surface area contributed by atoms with Gasteiger partial charge in [0.15, 0.2) is 0 Å². The molecule has 2 aromatic rings. The number of carbonyl (C=O) groups excluding carboxylic acids is 2. The molecule has 0 radical (unpaired) electrons. The third kappa shape index (κ3) is 5.74. The predicted octanol–water partition coefficient (Wildman–Crippen LogP) is 4.25. The molecular formula is C22H28N4O2. The van der Waals surface area contributed by atoms with Gasteiger partial charge in [-0.15, -0.1) is 0 Å². The Labute approximate surface area is 166 Å². The summed E-state index contributed by atoms with van der Waals surface area (Å²) >= 11 is 0.